The van der Waals surface area contributed by atoms with Gasteiger partial charge in [-0.3, -0.25) is 0 Å². The number of rotatable bonds is 3. The van der Waals surface area contributed by atoms with Gasteiger partial charge in [-0.2, -0.15) is 0 Å². The Kier molecular flexibility index (Phi) is 4.24. The third-order valence-electron chi connectivity index (χ3n) is 7.25. The van der Waals surface area contributed by atoms with Crippen LogP contribution in [0.15, 0.2) is 53.6 Å². The number of allylic oxidation sites excluding steroid dienone is 1. The third kappa shape index (κ3) is 2.68. The number of aliphatic hydroxyl groups excluding tert-OH is 1. The van der Waals surface area contributed by atoms with Gasteiger partial charge in [0.05, 0.1) is 13.2 Å². The lowest BCUT2D eigenvalue weighted by atomic mass is 9.56. The minimum absolute atomic E-state index is 0.0934. The number of aromatic hydroxyl groups is 1. The first kappa shape index (κ1) is 17.8. The summed E-state index contributed by atoms with van der Waals surface area (Å²) in [4.78, 5) is 0. The first-order chi connectivity index (χ1) is 13.6. The Hall–Kier alpha value is -2.26. The Bertz CT molecular complexity index is 913. The summed E-state index contributed by atoms with van der Waals surface area (Å²) in [5.74, 6) is 1.63. The number of phenols is 1. The molecule has 3 aliphatic carbocycles. The highest BCUT2D eigenvalue weighted by Gasteiger charge is 2.49. The summed E-state index contributed by atoms with van der Waals surface area (Å²) in [5, 5.41) is 20.6. The van der Waals surface area contributed by atoms with Gasteiger partial charge in [0.15, 0.2) is 0 Å². The van der Waals surface area contributed by atoms with Crippen LogP contribution < -0.4 is 4.74 Å². The summed E-state index contributed by atoms with van der Waals surface area (Å²) < 4.78 is 5.81. The lowest BCUT2D eigenvalue weighted by molar-refractivity contribution is 0.177. The molecule has 1 saturated carbocycles. The summed E-state index contributed by atoms with van der Waals surface area (Å²) in [6.07, 6.45) is 6.64. The number of phenolic OH excluding ortho intramolecular Hbond substituents is 1. The Morgan fingerprint density at radius 2 is 1.96 bits per heavy atom. The van der Waals surface area contributed by atoms with Crippen molar-refractivity contribution in [2.45, 2.75) is 56.5 Å². The number of fused-ring (bicyclic) bond motifs is 4. The van der Waals surface area contributed by atoms with Crippen LogP contribution in [0.3, 0.4) is 0 Å². The Balaban J connectivity index is 1.75. The zero-order valence-corrected chi connectivity index (χ0v) is 16.4. The van der Waals surface area contributed by atoms with E-state index in [9.17, 15) is 10.2 Å². The van der Waals surface area contributed by atoms with E-state index in [1.54, 1.807) is 18.7 Å². The van der Waals surface area contributed by atoms with E-state index in [1.807, 2.05) is 6.07 Å². The maximum Gasteiger partial charge on any atom is 0.126 e. The quantitative estimate of drug-likeness (QED) is 0.764. The molecule has 28 heavy (non-hydrogen) atoms. The summed E-state index contributed by atoms with van der Waals surface area (Å²) in [6, 6.07) is 14.4. The highest BCUT2D eigenvalue weighted by Crippen LogP contribution is 2.58. The van der Waals surface area contributed by atoms with E-state index in [1.165, 1.54) is 22.3 Å². The van der Waals surface area contributed by atoms with Crippen LogP contribution in [-0.4, -0.2) is 23.4 Å². The van der Waals surface area contributed by atoms with E-state index in [4.69, 9.17) is 4.74 Å². The lowest BCUT2D eigenvalue weighted by Gasteiger charge is -2.47. The molecule has 0 saturated heterocycles. The Morgan fingerprint density at radius 3 is 2.75 bits per heavy atom. The number of aryl methyl sites for hydroxylation is 1. The Labute approximate surface area is 166 Å². The normalized spacial score (nSPS) is 28.5. The molecule has 0 aromatic heterocycles. The maximum atomic E-state index is 10.4. The monoisotopic (exact) mass is 376 g/mol. The van der Waals surface area contributed by atoms with Gasteiger partial charge in [0.25, 0.3) is 0 Å². The molecule has 146 valence electrons. The summed E-state index contributed by atoms with van der Waals surface area (Å²) in [7, 11) is 1.71. The van der Waals surface area contributed by atoms with Gasteiger partial charge in [0.1, 0.15) is 11.5 Å². The summed E-state index contributed by atoms with van der Waals surface area (Å²) in [6.45, 7) is 0. The number of hydrogen-bond acceptors (Lipinski definition) is 3. The minimum Gasteiger partial charge on any atom is -0.508 e. The number of methoxy groups -OCH3 is 1. The van der Waals surface area contributed by atoms with Crippen LogP contribution in [0.5, 0.6) is 11.5 Å². The minimum atomic E-state index is -0.192. The van der Waals surface area contributed by atoms with E-state index in [2.05, 4.69) is 30.3 Å². The first-order valence-corrected chi connectivity index (χ1v) is 10.5. The van der Waals surface area contributed by atoms with Crippen LogP contribution in [-0.2, 0) is 18.3 Å². The Morgan fingerprint density at radius 1 is 1.14 bits per heavy atom. The summed E-state index contributed by atoms with van der Waals surface area (Å²) in [5.41, 5.74) is 6.78. The number of ether oxygens (including phenoxy) is 1. The van der Waals surface area contributed by atoms with Gasteiger partial charge < -0.3 is 14.9 Å². The van der Waals surface area contributed by atoms with E-state index in [0.29, 0.717) is 5.92 Å². The van der Waals surface area contributed by atoms with Crippen molar-refractivity contribution in [2.24, 2.45) is 5.92 Å². The van der Waals surface area contributed by atoms with E-state index in [0.717, 1.165) is 50.7 Å². The summed E-state index contributed by atoms with van der Waals surface area (Å²) >= 11 is 0. The molecule has 2 aromatic rings. The second-order valence-electron chi connectivity index (χ2n) is 8.76. The van der Waals surface area contributed by atoms with E-state index in [-0.39, 0.29) is 17.3 Å². The van der Waals surface area contributed by atoms with E-state index >= 15 is 0 Å². The van der Waals surface area contributed by atoms with Crippen LogP contribution in [0.25, 0.3) is 0 Å². The topological polar surface area (TPSA) is 49.7 Å². The molecule has 5 rings (SSSR count). The molecule has 0 radical (unpaired) electrons. The molecular weight excluding hydrogens is 348 g/mol. The maximum absolute atomic E-state index is 10.4. The fourth-order valence-corrected chi connectivity index (χ4v) is 6.24. The van der Waals surface area contributed by atoms with Crippen molar-refractivity contribution < 1.29 is 14.9 Å². The van der Waals surface area contributed by atoms with Gasteiger partial charge in [0, 0.05) is 17.0 Å². The van der Waals surface area contributed by atoms with Crippen molar-refractivity contribution in [3.8, 4) is 11.5 Å². The molecule has 3 nitrogen and oxygen atoms in total. The van der Waals surface area contributed by atoms with Gasteiger partial charge in [-0.25, -0.2) is 0 Å². The molecule has 0 heterocycles. The van der Waals surface area contributed by atoms with Crippen molar-refractivity contribution in [1.82, 2.24) is 0 Å². The molecule has 3 heteroatoms. The van der Waals surface area contributed by atoms with Crippen LogP contribution in [0.2, 0.25) is 0 Å². The van der Waals surface area contributed by atoms with E-state index < -0.39 is 0 Å². The number of aliphatic hydroxyl groups is 1. The number of hydrogen-bond donors (Lipinski definition) is 2. The van der Waals surface area contributed by atoms with Crippen LogP contribution in [0.1, 0.15) is 48.8 Å². The molecule has 3 unspecified atom stereocenters. The molecule has 0 spiro atoms. The molecular formula is C25H28O3. The van der Waals surface area contributed by atoms with Crippen LogP contribution in [0, 0.1) is 5.92 Å². The molecule has 1 fully saturated rings. The molecule has 2 aromatic carbocycles. The molecule has 3 atom stereocenters. The van der Waals surface area contributed by atoms with Gasteiger partial charge in [-0.15, -0.1) is 0 Å². The van der Waals surface area contributed by atoms with Gasteiger partial charge in [-0.05, 0) is 68.1 Å². The first-order valence-electron chi connectivity index (χ1n) is 10.5. The zero-order chi connectivity index (χ0) is 19.3. The largest absolute Gasteiger partial charge is 0.508 e. The molecule has 2 N–H and O–H groups in total. The van der Waals surface area contributed by atoms with Crippen molar-refractivity contribution in [3.63, 3.8) is 0 Å². The third-order valence-corrected chi connectivity index (χ3v) is 7.25. The van der Waals surface area contributed by atoms with Crippen molar-refractivity contribution in [1.29, 1.82) is 0 Å². The van der Waals surface area contributed by atoms with Crippen LogP contribution >= 0.6 is 0 Å². The average molecular weight is 376 g/mol. The fraction of sp³-hybridized carbons (Fsp3) is 0.440. The van der Waals surface area contributed by atoms with Crippen molar-refractivity contribution >= 4 is 0 Å². The zero-order valence-electron chi connectivity index (χ0n) is 16.4. The second kappa shape index (κ2) is 6.66. The van der Waals surface area contributed by atoms with Gasteiger partial charge in [-0.1, -0.05) is 41.5 Å². The number of benzene rings is 2. The lowest BCUT2D eigenvalue weighted by Crippen LogP contribution is -2.40. The molecule has 3 aliphatic rings. The standard InChI is InChI=1S/C25H28O3/c1-28-23-14-20(27)12-18-7-8-22-21-13-19(26)11-17(21)9-10-25(22,24(18)23)15-16-5-3-2-4-6-16/h2-6,12,14,17,19,26-27H,7-11,13,15H2,1H3. The van der Waals surface area contributed by atoms with Crippen molar-refractivity contribution in [2.75, 3.05) is 7.11 Å². The fourth-order valence-electron chi connectivity index (χ4n) is 6.24. The highest BCUT2D eigenvalue weighted by molar-refractivity contribution is 5.59. The SMILES string of the molecule is COc1cc(O)cc2c1C1(Cc3ccccc3)CCC3CC(O)CC3=C1CC2. The average Bonchev–Trinajstić information content (AvgIpc) is 3.08. The highest BCUT2D eigenvalue weighted by atomic mass is 16.5. The molecule has 0 amide bonds. The second-order valence-corrected chi connectivity index (χ2v) is 8.76. The van der Waals surface area contributed by atoms with Gasteiger partial charge >= 0.3 is 0 Å². The predicted octanol–water partition coefficient (Wildman–Crippen LogP) is 4.69. The molecule has 0 aliphatic heterocycles. The smallest absolute Gasteiger partial charge is 0.126 e. The van der Waals surface area contributed by atoms with Gasteiger partial charge in [0.2, 0.25) is 0 Å². The predicted molar refractivity (Wildman–Crippen MR) is 110 cm³/mol. The molecule has 0 bridgehead atoms. The van der Waals surface area contributed by atoms with Crippen molar-refractivity contribution in [3.05, 3.63) is 70.3 Å². The van der Waals surface area contributed by atoms with Crippen LogP contribution in [0.4, 0.5) is 0 Å².